The van der Waals surface area contributed by atoms with E-state index in [0.717, 1.165) is 33.1 Å². The number of nitrogens with zero attached hydrogens (tertiary/aromatic N) is 2. The molecular weight excluding hydrogens is 384 g/mol. The summed E-state index contributed by atoms with van der Waals surface area (Å²) < 4.78 is 25.1. The lowest BCUT2D eigenvalue weighted by Gasteiger charge is -2.16. The molecule has 1 aromatic heterocycles. The zero-order valence-electron chi connectivity index (χ0n) is 14.4. The molecule has 0 unspecified atom stereocenters. The van der Waals surface area contributed by atoms with E-state index in [-0.39, 0.29) is 5.56 Å². The Morgan fingerprint density at radius 2 is 2.00 bits per heavy atom. The largest absolute Gasteiger partial charge is 0.478 e. The van der Waals surface area contributed by atoms with E-state index >= 15 is 0 Å². The fourth-order valence-electron chi connectivity index (χ4n) is 3.20. The average Bonchev–Trinajstić information content (AvgIpc) is 3.28. The third-order valence-corrected chi connectivity index (χ3v) is 6.56. The maximum absolute atomic E-state index is 11.9. The highest BCUT2D eigenvalue weighted by Crippen LogP contribution is 2.35. The Morgan fingerprint density at radius 3 is 2.74 bits per heavy atom. The first-order valence-electron chi connectivity index (χ1n) is 8.23. The molecule has 6 nitrogen and oxygen atoms in total. The number of benzene rings is 2. The van der Waals surface area contributed by atoms with Gasteiger partial charge in [0.2, 0.25) is 10.0 Å². The average molecular weight is 400 g/mol. The van der Waals surface area contributed by atoms with Crippen LogP contribution in [0.15, 0.2) is 47.8 Å². The van der Waals surface area contributed by atoms with E-state index in [0.29, 0.717) is 13.0 Å². The summed E-state index contributed by atoms with van der Waals surface area (Å²) in [5, 5.41) is 11.8. The maximum atomic E-state index is 11.9. The van der Waals surface area contributed by atoms with E-state index in [1.54, 1.807) is 18.2 Å². The van der Waals surface area contributed by atoms with Crippen LogP contribution >= 0.6 is 11.3 Å². The molecule has 0 bridgehead atoms. The van der Waals surface area contributed by atoms with Crippen molar-refractivity contribution in [3.63, 3.8) is 0 Å². The van der Waals surface area contributed by atoms with Crippen molar-refractivity contribution >= 4 is 33.0 Å². The minimum absolute atomic E-state index is 0.225. The molecule has 0 saturated carbocycles. The van der Waals surface area contributed by atoms with Gasteiger partial charge in [-0.3, -0.25) is 4.31 Å². The monoisotopic (exact) mass is 400 g/mol. The Balaban J connectivity index is 1.67. The van der Waals surface area contributed by atoms with Gasteiger partial charge in [0.05, 0.1) is 23.2 Å². The highest BCUT2D eigenvalue weighted by molar-refractivity contribution is 7.92. The minimum atomic E-state index is -3.26. The van der Waals surface area contributed by atoms with Gasteiger partial charge in [0, 0.05) is 23.1 Å². The van der Waals surface area contributed by atoms with Crippen molar-refractivity contribution < 1.29 is 18.3 Å². The summed E-state index contributed by atoms with van der Waals surface area (Å²) in [5.74, 6) is -0.970. The molecule has 0 saturated heterocycles. The summed E-state index contributed by atoms with van der Waals surface area (Å²) in [6.07, 6.45) is 1.89. The molecule has 0 fully saturated rings. The number of carbonyl (C=O) groups is 1. The number of aromatic nitrogens is 1. The molecule has 138 valence electrons. The highest BCUT2D eigenvalue weighted by atomic mass is 32.2. The molecule has 4 rings (SSSR count). The second-order valence-electron chi connectivity index (χ2n) is 6.35. The Morgan fingerprint density at radius 1 is 1.19 bits per heavy atom. The summed E-state index contributed by atoms with van der Waals surface area (Å²) in [5.41, 5.74) is 4.40. The SMILES string of the molecule is CS(=O)(=O)N1CCc2cc(-c3csc(-c4cccc(C(=O)O)c4)n3)ccc21. The van der Waals surface area contributed by atoms with Crippen molar-refractivity contribution in [3.8, 4) is 21.8 Å². The summed E-state index contributed by atoms with van der Waals surface area (Å²) in [6.45, 7) is 0.460. The molecule has 0 spiro atoms. The van der Waals surface area contributed by atoms with E-state index in [1.165, 1.54) is 21.9 Å². The van der Waals surface area contributed by atoms with Gasteiger partial charge in [0.1, 0.15) is 5.01 Å². The molecule has 27 heavy (non-hydrogen) atoms. The fourth-order valence-corrected chi connectivity index (χ4v) is 4.98. The number of carboxylic acid groups (broad SMARTS) is 1. The van der Waals surface area contributed by atoms with Gasteiger partial charge in [0.15, 0.2) is 0 Å². The van der Waals surface area contributed by atoms with Crippen LogP contribution in [0.1, 0.15) is 15.9 Å². The number of aromatic carboxylic acids is 1. The molecule has 1 N–H and O–H groups in total. The molecule has 3 aromatic rings. The molecule has 8 heteroatoms. The number of hydrogen-bond donors (Lipinski definition) is 1. The van der Waals surface area contributed by atoms with Gasteiger partial charge in [-0.15, -0.1) is 11.3 Å². The van der Waals surface area contributed by atoms with Gasteiger partial charge in [-0.1, -0.05) is 18.2 Å². The zero-order valence-corrected chi connectivity index (χ0v) is 16.0. The number of fused-ring (bicyclic) bond motifs is 1. The zero-order chi connectivity index (χ0) is 19.2. The molecule has 1 aliphatic rings. The van der Waals surface area contributed by atoms with Crippen LogP contribution in [0.2, 0.25) is 0 Å². The Kier molecular flexibility index (Phi) is 4.24. The van der Waals surface area contributed by atoms with E-state index < -0.39 is 16.0 Å². The van der Waals surface area contributed by atoms with Crippen LogP contribution in [-0.4, -0.2) is 37.3 Å². The quantitative estimate of drug-likeness (QED) is 0.724. The van der Waals surface area contributed by atoms with E-state index in [1.807, 2.05) is 29.6 Å². The van der Waals surface area contributed by atoms with Crippen LogP contribution in [0, 0.1) is 0 Å². The van der Waals surface area contributed by atoms with Crippen molar-refractivity contribution in [2.24, 2.45) is 0 Å². The normalized spacial score (nSPS) is 13.6. The predicted octanol–water partition coefficient (Wildman–Crippen LogP) is 3.50. The van der Waals surface area contributed by atoms with Crippen molar-refractivity contribution in [1.29, 1.82) is 0 Å². The van der Waals surface area contributed by atoms with Crippen LogP contribution in [-0.2, 0) is 16.4 Å². The lowest BCUT2D eigenvalue weighted by molar-refractivity contribution is 0.0697. The number of thiazole rings is 1. The summed E-state index contributed by atoms with van der Waals surface area (Å²) in [6, 6.07) is 12.4. The summed E-state index contributed by atoms with van der Waals surface area (Å²) in [7, 11) is -3.26. The molecule has 2 heterocycles. The third-order valence-electron chi connectivity index (χ3n) is 4.49. The predicted molar refractivity (Wildman–Crippen MR) is 106 cm³/mol. The van der Waals surface area contributed by atoms with Gasteiger partial charge in [-0.2, -0.15) is 0 Å². The van der Waals surface area contributed by atoms with Gasteiger partial charge < -0.3 is 5.11 Å². The van der Waals surface area contributed by atoms with Gasteiger partial charge in [0.25, 0.3) is 0 Å². The van der Waals surface area contributed by atoms with E-state index in [2.05, 4.69) is 4.98 Å². The van der Waals surface area contributed by atoms with Crippen molar-refractivity contribution in [2.75, 3.05) is 17.1 Å². The van der Waals surface area contributed by atoms with Crippen LogP contribution in [0.5, 0.6) is 0 Å². The van der Waals surface area contributed by atoms with Gasteiger partial charge >= 0.3 is 5.97 Å². The van der Waals surface area contributed by atoms with Crippen LogP contribution in [0.3, 0.4) is 0 Å². The summed E-state index contributed by atoms with van der Waals surface area (Å²) in [4.78, 5) is 15.8. The smallest absolute Gasteiger partial charge is 0.335 e. The van der Waals surface area contributed by atoms with Gasteiger partial charge in [-0.25, -0.2) is 18.2 Å². The first-order chi connectivity index (χ1) is 12.8. The lowest BCUT2D eigenvalue weighted by atomic mass is 10.1. The lowest BCUT2D eigenvalue weighted by Crippen LogP contribution is -2.27. The molecule has 1 aliphatic heterocycles. The van der Waals surface area contributed by atoms with Crippen LogP contribution < -0.4 is 4.31 Å². The number of rotatable bonds is 4. The maximum Gasteiger partial charge on any atom is 0.335 e. The number of anilines is 1. The van der Waals surface area contributed by atoms with Crippen LogP contribution in [0.4, 0.5) is 5.69 Å². The van der Waals surface area contributed by atoms with Crippen molar-refractivity contribution in [3.05, 3.63) is 59.0 Å². The Hall–Kier alpha value is -2.71. The minimum Gasteiger partial charge on any atom is -0.478 e. The fraction of sp³-hybridized carbons (Fsp3) is 0.158. The molecule has 0 radical (unpaired) electrons. The second kappa shape index (κ2) is 6.47. The standard InChI is InChI=1S/C19H16N2O4S2/c1-27(24,25)21-8-7-13-9-12(5-6-17(13)21)16-11-26-18(20-16)14-3-2-4-15(10-14)19(22)23/h2-6,9-11H,7-8H2,1H3,(H,22,23). The molecule has 0 aliphatic carbocycles. The second-order valence-corrected chi connectivity index (χ2v) is 9.12. The number of hydrogen-bond acceptors (Lipinski definition) is 5. The van der Waals surface area contributed by atoms with E-state index in [9.17, 15) is 13.2 Å². The van der Waals surface area contributed by atoms with Gasteiger partial charge in [-0.05, 0) is 36.2 Å². The van der Waals surface area contributed by atoms with E-state index in [4.69, 9.17) is 5.11 Å². The Labute approximate surface area is 160 Å². The Bertz CT molecular complexity index is 1150. The molecule has 0 amide bonds. The first-order valence-corrected chi connectivity index (χ1v) is 11.0. The molecule has 0 atom stereocenters. The molecular formula is C19H16N2O4S2. The summed E-state index contributed by atoms with van der Waals surface area (Å²) >= 11 is 1.45. The van der Waals surface area contributed by atoms with Crippen LogP contribution in [0.25, 0.3) is 21.8 Å². The molecule has 2 aromatic carbocycles. The highest BCUT2D eigenvalue weighted by Gasteiger charge is 2.26. The van der Waals surface area contributed by atoms with Crippen molar-refractivity contribution in [1.82, 2.24) is 4.98 Å². The number of carboxylic acids is 1. The first kappa shape index (κ1) is 17.7. The van der Waals surface area contributed by atoms with Crippen molar-refractivity contribution in [2.45, 2.75) is 6.42 Å². The number of sulfonamides is 1. The topological polar surface area (TPSA) is 87.6 Å². The third kappa shape index (κ3) is 3.33.